The SMILES string of the molecule is C=C(C)C(=O)N(CCN(Cc1ccccc1S(=O)(=O)O)C(=O)C(=C)C)Cc1ccc(S(=O)(=O)O)cc1. The molecular weight excluding hydrogens is 508 g/mol. The predicted octanol–water partition coefficient (Wildman–Crippen LogP) is 2.69. The summed E-state index contributed by atoms with van der Waals surface area (Å²) in [6.45, 7) is 10.2. The van der Waals surface area contributed by atoms with Crippen molar-refractivity contribution in [3.8, 4) is 0 Å². The first-order valence-electron chi connectivity index (χ1n) is 10.6. The van der Waals surface area contributed by atoms with Gasteiger partial charge in [0.25, 0.3) is 20.2 Å². The molecule has 0 aliphatic heterocycles. The molecule has 2 aromatic carbocycles. The number of amides is 2. The molecule has 10 nitrogen and oxygen atoms in total. The summed E-state index contributed by atoms with van der Waals surface area (Å²) in [5.41, 5.74) is 1.18. The second kappa shape index (κ2) is 11.6. The quantitative estimate of drug-likeness (QED) is 0.329. The topological polar surface area (TPSA) is 149 Å². The lowest BCUT2D eigenvalue weighted by molar-refractivity contribution is -0.131. The molecule has 12 heteroatoms. The first kappa shape index (κ1) is 28.9. The van der Waals surface area contributed by atoms with Crippen molar-refractivity contribution in [1.82, 2.24) is 9.80 Å². The Bertz CT molecular complexity index is 1380. The third-order valence-corrected chi connectivity index (χ3v) is 6.97. The van der Waals surface area contributed by atoms with Gasteiger partial charge in [-0.05, 0) is 43.2 Å². The highest BCUT2D eigenvalue weighted by atomic mass is 32.2. The number of hydrogen-bond donors (Lipinski definition) is 2. The molecule has 0 aromatic heterocycles. The molecule has 2 aromatic rings. The fourth-order valence-corrected chi connectivity index (χ4v) is 4.56. The molecule has 0 unspecified atom stereocenters. The molecule has 0 heterocycles. The second-order valence-electron chi connectivity index (χ2n) is 8.22. The van der Waals surface area contributed by atoms with Crippen LogP contribution in [0.4, 0.5) is 0 Å². The van der Waals surface area contributed by atoms with Crippen LogP contribution >= 0.6 is 0 Å². The Kier molecular flexibility index (Phi) is 9.32. The summed E-state index contributed by atoms with van der Waals surface area (Å²) in [6, 6.07) is 11.0. The van der Waals surface area contributed by atoms with Crippen LogP contribution in [0.25, 0.3) is 0 Å². The van der Waals surface area contributed by atoms with Gasteiger partial charge in [0.15, 0.2) is 0 Å². The molecule has 0 aliphatic rings. The smallest absolute Gasteiger partial charge is 0.294 e. The van der Waals surface area contributed by atoms with Crippen LogP contribution in [0.5, 0.6) is 0 Å². The molecule has 0 atom stereocenters. The molecule has 36 heavy (non-hydrogen) atoms. The lowest BCUT2D eigenvalue weighted by Crippen LogP contribution is -2.41. The molecule has 2 amide bonds. The fourth-order valence-electron chi connectivity index (χ4n) is 3.37. The highest BCUT2D eigenvalue weighted by molar-refractivity contribution is 7.86. The van der Waals surface area contributed by atoms with Crippen LogP contribution < -0.4 is 0 Å². The molecule has 0 radical (unpaired) electrons. The van der Waals surface area contributed by atoms with E-state index in [9.17, 15) is 31.0 Å². The second-order valence-corrected chi connectivity index (χ2v) is 11.0. The van der Waals surface area contributed by atoms with E-state index in [1.54, 1.807) is 6.07 Å². The molecule has 0 aliphatic carbocycles. The van der Waals surface area contributed by atoms with E-state index in [4.69, 9.17) is 4.55 Å². The summed E-state index contributed by atoms with van der Waals surface area (Å²) in [6.07, 6.45) is 0. The summed E-state index contributed by atoms with van der Waals surface area (Å²) in [7, 11) is -8.90. The largest absolute Gasteiger partial charge is 0.333 e. The van der Waals surface area contributed by atoms with Crippen LogP contribution in [0, 0.1) is 0 Å². The molecule has 0 fully saturated rings. The average Bonchev–Trinajstić information content (AvgIpc) is 2.79. The fraction of sp³-hybridized carbons (Fsp3) is 0.250. The van der Waals surface area contributed by atoms with Crippen LogP contribution in [-0.4, -0.2) is 60.6 Å². The van der Waals surface area contributed by atoms with Crippen molar-refractivity contribution in [2.75, 3.05) is 13.1 Å². The van der Waals surface area contributed by atoms with Gasteiger partial charge in [0.05, 0.1) is 9.79 Å². The number of nitrogens with zero attached hydrogens (tertiary/aromatic N) is 2. The van der Waals surface area contributed by atoms with Crippen molar-refractivity contribution in [2.45, 2.75) is 36.7 Å². The van der Waals surface area contributed by atoms with Crippen LogP contribution in [0.1, 0.15) is 25.0 Å². The van der Waals surface area contributed by atoms with Gasteiger partial charge in [-0.25, -0.2) is 0 Å². The monoisotopic (exact) mass is 536 g/mol. The minimum absolute atomic E-state index is 0.00632. The van der Waals surface area contributed by atoms with E-state index < -0.39 is 32.1 Å². The Morgan fingerprint density at radius 3 is 1.67 bits per heavy atom. The zero-order chi connectivity index (χ0) is 27.3. The normalized spacial score (nSPS) is 11.6. The maximum absolute atomic E-state index is 12.8. The van der Waals surface area contributed by atoms with Gasteiger partial charge in [-0.2, -0.15) is 16.8 Å². The molecular formula is C24H28N2O8S2. The number of benzene rings is 2. The Balaban J connectivity index is 2.32. The van der Waals surface area contributed by atoms with E-state index in [0.717, 1.165) is 0 Å². The minimum Gasteiger partial charge on any atom is -0.333 e. The van der Waals surface area contributed by atoms with E-state index in [-0.39, 0.29) is 52.7 Å². The van der Waals surface area contributed by atoms with Gasteiger partial charge in [-0.3, -0.25) is 18.7 Å². The van der Waals surface area contributed by atoms with Crippen molar-refractivity contribution < 1.29 is 35.5 Å². The number of hydrogen-bond acceptors (Lipinski definition) is 6. The summed E-state index contributed by atoms with van der Waals surface area (Å²) < 4.78 is 64.8. The van der Waals surface area contributed by atoms with E-state index in [2.05, 4.69) is 13.2 Å². The van der Waals surface area contributed by atoms with Gasteiger partial charge < -0.3 is 9.80 Å². The first-order chi connectivity index (χ1) is 16.6. The zero-order valence-corrected chi connectivity index (χ0v) is 21.5. The average molecular weight is 537 g/mol. The molecule has 0 saturated carbocycles. The molecule has 0 bridgehead atoms. The molecule has 0 spiro atoms. The predicted molar refractivity (Wildman–Crippen MR) is 133 cm³/mol. The molecule has 0 saturated heterocycles. The van der Waals surface area contributed by atoms with Crippen LogP contribution in [-0.2, 0) is 42.9 Å². The standard InChI is InChI=1S/C24H28N2O8S2/c1-17(2)23(27)25(15-19-9-11-21(12-10-19)35(29,30)31)13-14-26(24(28)18(3)4)16-20-7-5-6-8-22(20)36(32,33)34/h5-12H,1,3,13-16H2,2,4H3,(H,29,30,31)(H,32,33,34). The highest BCUT2D eigenvalue weighted by Crippen LogP contribution is 2.19. The summed E-state index contributed by atoms with van der Waals surface area (Å²) in [5.74, 6) is -0.879. The van der Waals surface area contributed by atoms with Crippen molar-refractivity contribution in [2.24, 2.45) is 0 Å². The molecule has 194 valence electrons. The van der Waals surface area contributed by atoms with E-state index in [1.165, 1.54) is 66.1 Å². The van der Waals surface area contributed by atoms with Gasteiger partial charge in [-0.1, -0.05) is 43.5 Å². The van der Waals surface area contributed by atoms with E-state index in [0.29, 0.717) is 5.56 Å². The molecule has 2 N–H and O–H groups in total. The van der Waals surface area contributed by atoms with Crippen molar-refractivity contribution in [3.63, 3.8) is 0 Å². The Hall–Kier alpha value is -3.32. The van der Waals surface area contributed by atoms with Crippen LogP contribution in [0.15, 0.2) is 82.6 Å². The number of rotatable bonds is 11. The van der Waals surface area contributed by atoms with Crippen LogP contribution in [0.2, 0.25) is 0 Å². The summed E-state index contributed by atoms with van der Waals surface area (Å²) in [4.78, 5) is 27.7. The van der Waals surface area contributed by atoms with Crippen LogP contribution in [0.3, 0.4) is 0 Å². The van der Waals surface area contributed by atoms with Crippen molar-refractivity contribution in [3.05, 3.63) is 84.0 Å². The third-order valence-electron chi connectivity index (χ3n) is 5.15. The van der Waals surface area contributed by atoms with E-state index in [1.807, 2.05) is 0 Å². The van der Waals surface area contributed by atoms with Gasteiger partial charge in [0, 0.05) is 37.3 Å². The Morgan fingerprint density at radius 1 is 0.750 bits per heavy atom. The minimum atomic E-state index is -4.53. The zero-order valence-electron chi connectivity index (χ0n) is 19.9. The lowest BCUT2D eigenvalue weighted by atomic mass is 10.1. The summed E-state index contributed by atoms with van der Waals surface area (Å²) in [5, 5.41) is 0. The Morgan fingerprint density at radius 2 is 1.22 bits per heavy atom. The van der Waals surface area contributed by atoms with Crippen molar-refractivity contribution in [1.29, 1.82) is 0 Å². The first-order valence-corrected chi connectivity index (χ1v) is 13.5. The Labute approximate surface area is 211 Å². The number of carbonyl (C=O) groups excluding carboxylic acids is 2. The van der Waals surface area contributed by atoms with Gasteiger partial charge in [0.2, 0.25) is 11.8 Å². The lowest BCUT2D eigenvalue weighted by Gasteiger charge is -2.29. The molecule has 2 rings (SSSR count). The van der Waals surface area contributed by atoms with Gasteiger partial charge in [-0.15, -0.1) is 0 Å². The van der Waals surface area contributed by atoms with Crippen molar-refractivity contribution >= 4 is 32.1 Å². The highest BCUT2D eigenvalue weighted by Gasteiger charge is 2.23. The number of carbonyl (C=O) groups is 2. The van der Waals surface area contributed by atoms with E-state index >= 15 is 0 Å². The maximum atomic E-state index is 12.8. The third kappa shape index (κ3) is 7.85. The summed E-state index contributed by atoms with van der Waals surface area (Å²) >= 11 is 0. The maximum Gasteiger partial charge on any atom is 0.294 e. The van der Waals surface area contributed by atoms with Gasteiger partial charge >= 0.3 is 0 Å². The van der Waals surface area contributed by atoms with Gasteiger partial charge in [0.1, 0.15) is 0 Å².